The number of alkyl halides is 2. The molecule has 11 heavy (non-hydrogen) atoms. The Labute approximate surface area is 61.1 Å². The number of Topliss-reactive ketones (excluding diaryl/α,β-unsaturated/α-hetero) is 1. The van der Waals surface area contributed by atoms with Gasteiger partial charge in [0.15, 0.2) is 0 Å². The van der Waals surface area contributed by atoms with Gasteiger partial charge in [0.05, 0.1) is 0 Å². The Morgan fingerprint density at radius 1 is 1.55 bits per heavy atom. The smallest absolute Gasteiger partial charge is 0.286 e. The Morgan fingerprint density at radius 3 is 2.73 bits per heavy atom. The summed E-state index contributed by atoms with van der Waals surface area (Å²) in [4.78, 5) is 10.5. The van der Waals surface area contributed by atoms with Crippen LogP contribution in [0.25, 0.3) is 0 Å². The van der Waals surface area contributed by atoms with Gasteiger partial charge in [0, 0.05) is 6.20 Å². The summed E-state index contributed by atoms with van der Waals surface area (Å²) in [5.41, 5.74) is -0.303. The SMILES string of the molecule is O=C(c1cccnn1)C(F)F. The van der Waals surface area contributed by atoms with Crippen molar-refractivity contribution in [3.8, 4) is 0 Å². The van der Waals surface area contributed by atoms with Crippen molar-refractivity contribution < 1.29 is 13.6 Å². The molecule has 0 N–H and O–H groups in total. The number of halogens is 2. The molecule has 3 nitrogen and oxygen atoms in total. The molecule has 1 aromatic heterocycles. The highest BCUT2D eigenvalue weighted by molar-refractivity contribution is 5.96. The molecular formula is C6H4F2N2O. The molecule has 1 aromatic rings. The number of hydrogen-bond acceptors (Lipinski definition) is 3. The Morgan fingerprint density at radius 2 is 2.27 bits per heavy atom. The van der Waals surface area contributed by atoms with Crippen LogP contribution in [0.3, 0.4) is 0 Å². The summed E-state index contributed by atoms with van der Waals surface area (Å²) in [6, 6.07) is 2.57. The normalized spacial score (nSPS) is 10.1. The van der Waals surface area contributed by atoms with Crippen molar-refractivity contribution in [2.45, 2.75) is 6.43 Å². The van der Waals surface area contributed by atoms with E-state index in [-0.39, 0.29) is 5.69 Å². The first kappa shape index (κ1) is 7.71. The lowest BCUT2D eigenvalue weighted by molar-refractivity contribution is 0.0672. The molecule has 58 valence electrons. The lowest BCUT2D eigenvalue weighted by Gasteiger charge is -1.94. The van der Waals surface area contributed by atoms with E-state index in [1.54, 1.807) is 0 Å². The van der Waals surface area contributed by atoms with Crippen molar-refractivity contribution in [3.05, 3.63) is 24.0 Å². The summed E-state index contributed by atoms with van der Waals surface area (Å²) in [5.74, 6) is -1.29. The van der Waals surface area contributed by atoms with Crippen molar-refractivity contribution >= 4 is 5.78 Å². The van der Waals surface area contributed by atoms with E-state index in [4.69, 9.17) is 0 Å². The minimum Gasteiger partial charge on any atom is -0.286 e. The summed E-state index contributed by atoms with van der Waals surface area (Å²) < 4.78 is 23.4. The molecule has 5 heteroatoms. The number of hydrogen-bond donors (Lipinski definition) is 0. The summed E-state index contributed by atoms with van der Waals surface area (Å²) >= 11 is 0. The maximum atomic E-state index is 11.7. The Kier molecular flexibility index (Phi) is 2.20. The standard InChI is InChI=1S/C6H4F2N2O/c7-6(8)5(11)4-2-1-3-9-10-4/h1-3,6H. The molecule has 0 unspecified atom stereocenters. The van der Waals surface area contributed by atoms with E-state index in [9.17, 15) is 13.6 Å². The van der Waals surface area contributed by atoms with Gasteiger partial charge in [-0.25, -0.2) is 8.78 Å². The van der Waals surface area contributed by atoms with Crippen molar-refractivity contribution in [2.24, 2.45) is 0 Å². The molecule has 0 amide bonds. The molecular weight excluding hydrogens is 154 g/mol. The van der Waals surface area contributed by atoms with E-state index in [1.165, 1.54) is 18.3 Å². The molecule has 0 spiro atoms. The van der Waals surface area contributed by atoms with Crippen molar-refractivity contribution in [3.63, 3.8) is 0 Å². The second kappa shape index (κ2) is 3.14. The zero-order valence-electron chi connectivity index (χ0n) is 5.37. The van der Waals surface area contributed by atoms with Gasteiger partial charge in [0.2, 0.25) is 5.78 Å². The topological polar surface area (TPSA) is 42.9 Å². The van der Waals surface area contributed by atoms with Crippen LogP contribution in [-0.2, 0) is 0 Å². The van der Waals surface area contributed by atoms with Crippen LogP contribution in [0.2, 0.25) is 0 Å². The molecule has 0 aliphatic carbocycles. The number of nitrogens with zero attached hydrogens (tertiary/aromatic N) is 2. The highest BCUT2D eigenvalue weighted by Crippen LogP contribution is 2.02. The first-order valence-electron chi connectivity index (χ1n) is 2.82. The van der Waals surface area contributed by atoms with Crippen LogP contribution in [0.15, 0.2) is 18.3 Å². The van der Waals surface area contributed by atoms with Gasteiger partial charge in [-0.1, -0.05) is 0 Å². The number of ketones is 1. The van der Waals surface area contributed by atoms with Gasteiger partial charge in [-0.15, -0.1) is 5.10 Å². The van der Waals surface area contributed by atoms with Gasteiger partial charge in [-0.05, 0) is 12.1 Å². The lowest BCUT2D eigenvalue weighted by atomic mass is 10.3. The van der Waals surface area contributed by atoms with E-state index in [0.29, 0.717) is 0 Å². The highest BCUT2D eigenvalue weighted by Gasteiger charge is 2.18. The van der Waals surface area contributed by atoms with E-state index >= 15 is 0 Å². The zero-order chi connectivity index (χ0) is 8.27. The predicted octanol–water partition coefficient (Wildman–Crippen LogP) is 0.924. The third-order valence-corrected chi connectivity index (χ3v) is 1.02. The number of rotatable bonds is 2. The van der Waals surface area contributed by atoms with Gasteiger partial charge in [-0.3, -0.25) is 4.79 Å². The second-order valence-corrected chi connectivity index (χ2v) is 1.77. The van der Waals surface area contributed by atoms with Gasteiger partial charge < -0.3 is 0 Å². The fourth-order valence-corrected chi connectivity index (χ4v) is 0.545. The van der Waals surface area contributed by atoms with E-state index in [1.807, 2.05) is 0 Å². The fraction of sp³-hybridized carbons (Fsp3) is 0.167. The highest BCUT2D eigenvalue weighted by atomic mass is 19.3. The van der Waals surface area contributed by atoms with Crippen LogP contribution in [0, 0.1) is 0 Å². The van der Waals surface area contributed by atoms with Crippen LogP contribution >= 0.6 is 0 Å². The molecule has 0 saturated carbocycles. The monoisotopic (exact) mass is 158 g/mol. The minimum atomic E-state index is -3.01. The van der Waals surface area contributed by atoms with E-state index in [0.717, 1.165) is 0 Å². The maximum absolute atomic E-state index is 11.7. The van der Waals surface area contributed by atoms with Crippen LogP contribution < -0.4 is 0 Å². The fourth-order valence-electron chi connectivity index (χ4n) is 0.545. The minimum absolute atomic E-state index is 0.303. The molecule has 0 atom stereocenters. The van der Waals surface area contributed by atoms with E-state index in [2.05, 4.69) is 10.2 Å². The van der Waals surface area contributed by atoms with Crippen LogP contribution in [-0.4, -0.2) is 22.4 Å². The summed E-state index contributed by atoms with van der Waals surface area (Å²) in [6.07, 6.45) is -1.70. The molecule has 1 heterocycles. The maximum Gasteiger partial charge on any atom is 0.302 e. The first-order chi connectivity index (χ1) is 5.22. The van der Waals surface area contributed by atoms with Crippen LogP contribution in [0.5, 0.6) is 0 Å². The van der Waals surface area contributed by atoms with E-state index < -0.39 is 12.2 Å². The van der Waals surface area contributed by atoms with Crippen molar-refractivity contribution in [1.82, 2.24) is 10.2 Å². The predicted molar refractivity (Wildman–Crippen MR) is 32.4 cm³/mol. The van der Waals surface area contributed by atoms with Crippen molar-refractivity contribution in [1.29, 1.82) is 0 Å². The summed E-state index contributed by atoms with van der Waals surface area (Å²) in [5, 5.41) is 6.50. The third kappa shape index (κ3) is 1.76. The van der Waals surface area contributed by atoms with Crippen molar-refractivity contribution in [2.75, 3.05) is 0 Å². The number of aromatic nitrogens is 2. The Bertz CT molecular complexity index is 250. The summed E-state index contributed by atoms with van der Waals surface area (Å²) in [7, 11) is 0. The van der Waals surface area contributed by atoms with Gasteiger partial charge >= 0.3 is 6.43 Å². The zero-order valence-corrected chi connectivity index (χ0v) is 5.37. The third-order valence-electron chi connectivity index (χ3n) is 1.02. The molecule has 0 saturated heterocycles. The average molecular weight is 158 g/mol. The second-order valence-electron chi connectivity index (χ2n) is 1.77. The Hall–Kier alpha value is -1.39. The molecule has 1 rings (SSSR count). The molecule has 0 bridgehead atoms. The van der Waals surface area contributed by atoms with Gasteiger partial charge in [0.25, 0.3) is 0 Å². The molecule has 0 fully saturated rings. The lowest BCUT2D eigenvalue weighted by Crippen LogP contribution is -2.12. The van der Waals surface area contributed by atoms with Crippen LogP contribution in [0.4, 0.5) is 8.78 Å². The summed E-state index contributed by atoms with van der Waals surface area (Å²) in [6.45, 7) is 0. The van der Waals surface area contributed by atoms with Gasteiger partial charge in [0.1, 0.15) is 5.69 Å². The largest absolute Gasteiger partial charge is 0.302 e. The molecule has 0 aliphatic rings. The number of carbonyl (C=O) groups excluding carboxylic acids is 1. The number of carbonyl (C=O) groups is 1. The quantitative estimate of drug-likeness (QED) is 0.601. The molecule has 0 aromatic carbocycles. The average Bonchev–Trinajstić information content (AvgIpc) is 2.05. The Balaban J connectivity index is 2.86. The van der Waals surface area contributed by atoms with Crippen LogP contribution in [0.1, 0.15) is 10.5 Å². The first-order valence-corrected chi connectivity index (χ1v) is 2.82. The van der Waals surface area contributed by atoms with Gasteiger partial charge in [-0.2, -0.15) is 5.10 Å². The molecule has 0 radical (unpaired) electrons. The molecule has 0 aliphatic heterocycles.